The highest BCUT2D eigenvalue weighted by Gasteiger charge is 2.53. The third-order valence-electron chi connectivity index (χ3n) is 5.90. The molecule has 3 atom stereocenters. The van der Waals surface area contributed by atoms with Crippen LogP contribution in [0.3, 0.4) is 0 Å². The molecule has 1 saturated heterocycles. The lowest BCUT2D eigenvalue weighted by atomic mass is 9.76. The Labute approximate surface area is 148 Å². The molecule has 130 valence electrons. The normalized spacial score (nSPS) is 29.2. The van der Waals surface area contributed by atoms with E-state index in [0.29, 0.717) is 5.56 Å². The summed E-state index contributed by atoms with van der Waals surface area (Å²) in [7, 11) is 1.87. The van der Waals surface area contributed by atoms with Crippen LogP contribution in [0.5, 0.6) is 0 Å². The van der Waals surface area contributed by atoms with E-state index in [1.807, 2.05) is 54.4 Å². The van der Waals surface area contributed by atoms with Crippen molar-refractivity contribution in [1.29, 1.82) is 0 Å². The minimum Gasteiger partial charge on any atom is -0.388 e. The van der Waals surface area contributed by atoms with E-state index in [0.717, 1.165) is 25.2 Å². The predicted molar refractivity (Wildman–Crippen MR) is 97.1 cm³/mol. The topological polar surface area (TPSA) is 43.8 Å². The number of carbonyl (C=O) groups excluding carboxylic acids is 1. The quantitative estimate of drug-likeness (QED) is 0.917. The van der Waals surface area contributed by atoms with Crippen LogP contribution in [0.25, 0.3) is 0 Å². The predicted octanol–water partition coefficient (Wildman–Crippen LogP) is 2.70. The molecule has 0 bridgehead atoms. The van der Waals surface area contributed by atoms with Crippen LogP contribution in [0.1, 0.15) is 34.5 Å². The maximum atomic E-state index is 12.9. The van der Waals surface area contributed by atoms with Gasteiger partial charge in [0.1, 0.15) is 0 Å². The second kappa shape index (κ2) is 5.97. The Morgan fingerprint density at radius 1 is 1.12 bits per heavy atom. The highest BCUT2D eigenvalue weighted by molar-refractivity contribution is 5.96. The van der Waals surface area contributed by atoms with Crippen molar-refractivity contribution in [1.82, 2.24) is 9.80 Å². The Morgan fingerprint density at radius 2 is 1.80 bits per heavy atom. The van der Waals surface area contributed by atoms with E-state index in [9.17, 15) is 9.90 Å². The van der Waals surface area contributed by atoms with Gasteiger partial charge in [-0.1, -0.05) is 55.5 Å². The molecular formula is C21H24N2O2. The number of likely N-dealkylation sites (N-methyl/N-ethyl adjacent to an activating group) is 1. The van der Waals surface area contributed by atoms with Gasteiger partial charge in [-0.3, -0.25) is 9.69 Å². The number of benzene rings is 2. The van der Waals surface area contributed by atoms with Crippen molar-refractivity contribution in [2.75, 3.05) is 20.1 Å². The molecule has 1 fully saturated rings. The number of hydrogen-bond donors (Lipinski definition) is 1. The molecule has 2 heterocycles. The van der Waals surface area contributed by atoms with Gasteiger partial charge in [-0.25, -0.2) is 0 Å². The van der Waals surface area contributed by atoms with E-state index in [-0.39, 0.29) is 17.4 Å². The molecule has 0 saturated carbocycles. The first kappa shape index (κ1) is 16.3. The maximum Gasteiger partial charge on any atom is 0.254 e. The third-order valence-corrected chi connectivity index (χ3v) is 5.90. The number of likely N-dealkylation sites (tertiary alicyclic amines) is 1. The van der Waals surface area contributed by atoms with E-state index < -0.39 is 6.10 Å². The molecule has 2 aromatic rings. The zero-order valence-electron chi connectivity index (χ0n) is 14.7. The van der Waals surface area contributed by atoms with Gasteiger partial charge in [0.2, 0.25) is 0 Å². The number of aliphatic hydroxyl groups excluding tert-OH is 1. The lowest BCUT2D eigenvalue weighted by Gasteiger charge is -2.37. The first-order valence-corrected chi connectivity index (χ1v) is 8.81. The number of nitrogens with zero attached hydrogens (tertiary/aromatic N) is 2. The Bertz CT molecular complexity index is 791. The molecule has 2 aromatic carbocycles. The van der Waals surface area contributed by atoms with E-state index in [1.165, 1.54) is 5.56 Å². The Hall–Kier alpha value is -2.17. The molecule has 0 aliphatic carbocycles. The van der Waals surface area contributed by atoms with Crippen LogP contribution < -0.4 is 0 Å². The zero-order valence-corrected chi connectivity index (χ0v) is 14.7. The summed E-state index contributed by atoms with van der Waals surface area (Å²) < 4.78 is 0. The number of carbonyl (C=O) groups is 1. The van der Waals surface area contributed by atoms with E-state index in [4.69, 9.17) is 0 Å². The van der Waals surface area contributed by atoms with Crippen LogP contribution in [-0.4, -0.2) is 47.0 Å². The second-order valence-corrected chi connectivity index (χ2v) is 7.58. The molecule has 2 aliphatic heterocycles. The van der Waals surface area contributed by atoms with Crippen LogP contribution >= 0.6 is 0 Å². The SMILES string of the molecule is CN1C(=O)c2ccccc2[C@H](O)[C@@]2(C)CN(Cc3ccccc3)C[C@H]12. The summed E-state index contributed by atoms with van der Waals surface area (Å²) in [5.41, 5.74) is 2.26. The van der Waals surface area contributed by atoms with Crippen molar-refractivity contribution < 1.29 is 9.90 Å². The van der Waals surface area contributed by atoms with Crippen LogP contribution in [0.15, 0.2) is 54.6 Å². The monoisotopic (exact) mass is 336 g/mol. The van der Waals surface area contributed by atoms with Crippen molar-refractivity contribution in [2.24, 2.45) is 5.41 Å². The largest absolute Gasteiger partial charge is 0.388 e. The zero-order chi connectivity index (χ0) is 17.6. The Balaban J connectivity index is 1.68. The molecule has 1 N–H and O–H groups in total. The van der Waals surface area contributed by atoms with Crippen molar-refractivity contribution in [2.45, 2.75) is 25.6 Å². The summed E-state index contributed by atoms with van der Waals surface area (Å²) >= 11 is 0. The summed E-state index contributed by atoms with van der Waals surface area (Å²) in [5.74, 6) is 0.00457. The maximum absolute atomic E-state index is 12.9. The molecule has 4 rings (SSSR count). The second-order valence-electron chi connectivity index (χ2n) is 7.58. The van der Waals surface area contributed by atoms with Gasteiger partial charge in [0.25, 0.3) is 5.91 Å². The van der Waals surface area contributed by atoms with E-state index in [1.54, 1.807) is 0 Å². The number of rotatable bonds is 2. The average molecular weight is 336 g/mol. The van der Waals surface area contributed by atoms with Crippen LogP contribution in [0.2, 0.25) is 0 Å². The summed E-state index contributed by atoms with van der Waals surface area (Å²) in [6.07, 6.45) is -0.650. The molecule has 0 radical (unpaired) electrons. The van der Waals surface area contributed by atoms with Gasteiger partial charge in [-0.05, 0) is 17.2 Å². The first-order valence-electron chi connectivity index (χ1n) is 8.81. The fourth-order valence-electron chi connectivity index (χ4n) is 4.52. The molecule has 2 aliphatic rings. The van der Waals surface area contributed by atoms with E-state index in [2.05, 4.69) is 24.0 Å². The Morgan fingerprint density at radius 3 is 2.56 bits per heavy atom. The number of aliphatic hydroxyl groups is 1. The third kappa shape index (κ3) is 2.57. The van der Waals surface area contributed by atoms with Crippen molar-refractivity contribution in [3.63, 3.8) is 0 Å². The van der Waals surface area contributed by atoms with Crippen molar-refractivity contribution in [3.8, 4) is 0 Å². The number of fused-ring (bicyclic) bond motifs is 2. The van der Waals surface area contributed by atoms with Gasteiger partial charge in [0, 0.05) is 37.7 Å². The Kier molecular flexibility index (Phi) is 3.89. The first-order chi connectivity index (χ1) is 12.0. The van der Waals surface area contributed by atoms with Gasteiger partial charge in [-0.2, -0.15) is 0 Å². The fraction of sp³-hybridized carbons (Fsp3) is 0.381. The molecule has 0 aromatic heterocycles. The lowest BCUT2D eigenvalue weighted by Crippen LogP contribution is -2.47. The summed E-state index contributed by atoms with van der Waals surface area (Å²) in [6, 6.07) is 17.8. The molecule has 1 amide bonds. The minimum absolute atomic E-state index is 0.00457. The van der Waals surface area contributed by atoms with Gasteiger partial charge in [0.15, 0.2) is 0 Å². The van der Waals surface area contributed by atoms with Crippen LogP contribution in [-0.2, 0) is 6.54 Å². The number of amides is 1. The average Bonchev–Trinajstić information content (AvgIpc) is 2.95. The molecular weight excluding hydrogens is 312 g/mol. The lowest BCUT2D eigenvalue weighted by molar-refractivity contribution is 0.00629. The molecule has 25 heavy (non-hydrogen) atoms. The van der Waals surface area contributed by atoms with Crippen LogP contribution in [0.4, 0.5) is 0 Å². The highest BCUT2D eigenvalue weighted by Crippen LogP contribution is 2.47. The highest BCUT2D eigenvalue weighted by atomic mass is 16.3. The van der Waals surface area contributed by atoms with Crippen LogP contribution in [0, 0.1) is 5.41 Å². The fourth-order valence-corrected chi connectivity index (χ4v) is 4.52. The smallest absolute Gasteiger partial charge is 0.254 e. The minimum atomic E-state index is -0.650. The molecule has 0 spiro atoms. The van der Waals surface area contributed by atoms with Crippen molar-refractivity contribution in [3.05, 3.63) is 71.3 Å². The molecule has 4 nitrogen and oxygen atoms in total. The van der Waals surface area contributed by atoms with Gasteiger partial charge in [-0.15, -0.1) is 0 Å². The van der Waals surface area contributed by atoms with Gasteiger partial charge < -0.3 is 10.0 Å². The van der Waals surface area contributed by atoms with E-state index >= 15 is 0 Å². The molecule has 0 unspecified atom stereocenters. The summed E-state index contributed by atoms with van der Waals surface area (Å²) in [5, 5.41) is 11.2. The van der Waals surface area contributed by atoms with Gasteiger partial charge >= 0.3 is 0 Å². The van der Waals surface area contributed by atoms with Crippen molar-refractivity contribution >= 4 is 5.91 Å². The van der Waals surface area contributed by atoms with Gasteiger partial charge in [0.05, 0.1) is 12.1 Å². The molecule has 4 heteroatoms. The standard InChI is InChI=1S/C21H24N2O2/c1-21-14-23(12-15-8-4-3-5-9-15)13-18(21)22(2)20(25)17-11-7-6-10-16(17)19(21)24/h3-11,18-19,24H,12-14H2,1-2H3/t18-,19-,21-/m0/s1. The summed E-state index contributed by atoms with van der Waals surface area (Å²) in [6.45, 7) is 4.49. The summed E-state index contributed by atoms with van der Waals surface area (Å²) in [4.78, 5) is 17.1. The number of hydrogen-bond acceptors (Lipinski definition) is 3.